The summed E-state index contributed by atoms with van der Waals surface area (Å²) in [5, 5.41) is 8.41. The minimum atomic E-state index is -0.0736. The Bertz CT molecular complexity index is 733. The molecule has 5 heteroatoms. The van der Waals surface area contributed by atoms with Crippen molar-refractivity contribution in [3.05, 3.63) is 52.5 Å². The van der Waals surface area contributed by atoms with E-state index in [0.717, 1.165) is 26.8 Å². The van der Waals surface area contributed by atoms with E-state index in [9.17, 15) is 0 Å². The first kappa shape index (κ1) is 12.3. The molecule has 0 bridgehead atoms. The average Bonchev–Trinajstić information content (AvgIpc) is 2.82. The van der Waals surface area contributed by atoms with Crippen LogP contribution >= 0.6 is 15.9 Å². The molecule has 2 N–H and O–H groups in total. The Hall–Kier alpha value is -1.72. The van der Waals surface area contributed by atoms with Crippen LogP contribution in [0.3, 0.4) is 0 Å². The maximum Gasteiger partial charge on any atom is 0.113 e. The molecule has 0 fully saturated rings. The van der Waals surface area contributed by atoms with Crippen molar-refractivity contribution in [2.24, 2.45) is 5.73 Å². The summed E-state index contributed by atoms with van der Waals surface area (Å²) in [5.41, 5.74) is 9.90. The highest BCUT2D eigenvalue weighted by molar-refractivity contribution is 9.10. The van der Waals surface area contributed by atoms with Crippen LogP contribution in [0.4, 0.5) is 0 Å². The molecule has 3 aromatic rings. The van der Waals surface area contributed by atoms with Gasteiger partial charge in [0.1, 0.15) is 5.52 Å². The minimum Gasteiger partial charge on any atom is -0.324 e. The van der Waals surface area contributed by atoms with Crippen LogP contribution in [0.15, 0.2) is 46.9 Å². The van der Waals surface area contributed by atoms with E-state index in [1.165, 1.54) is 0 Å². The summed E-state index contributed by atoms with van der Waals surface area (Å²) in [4.78, 5) is 0. The van der Waals surface area contributed by atoms with Gasteiger partial charge in [-0.3, -0.25) is 0 Å². The standard InChI is InChI=1S/C14H13BrN4/c1-9(16)11-8-10(15)6-7-13(11)19-14-5-3-2-4-12(14)17-18-19/h2-9H,16H2,1H3. The highest BCUT2D eigenvalue weighted by Crippen LogP contribution is 2.26. The van der Waals surface area contributed by atoms with Gasteiger partial charge in [0, 0.05) is 10.5 Å². The number of para-hydroxylation sites is 1. The monoisotopic (exact) mass is 316 g/mol. The highest BCUT2D eigenvalue weighted by Gasteiger charge is 2.13. The number of rotatable bonds is 2. The molecule has 0 aliphatic rings. The number of nitrogens with two attached hydrogens (primary N) is 1. The van der Waals surface area contributed by atoms with Gasteiger partial charge in [-0.2, -0.15) is 0 Å². The molecule has 0 spiro atoms. The van der Waals surface area contributed by atoms with Gasteiger partial charge in [0.25, 0.3) is 0 Å². The van der Waals surface area contributed by atoms with Gasteiger partial charge in [-0.25, -0.2) is 4.68 Å². The van der Waals surface area contributed by atoms with E-state index in [-0.39, 0.29) is 6.04 Å². The van der Waals surface area contributed by atoms with Crippen LogP contribution in [-0.2, 0) is 0 Å². The molecule has 0 aliphatic carbocycles. The lowest BCUT2D eigenvalue weighted by Crippen LogP contribution is -2.10. The second-order valence-corrected chi connectivity index (χ2v) is 5.40. The number of halogens is 1. The number of fused-ring (bicyclic) bond motifs is 1. The molecule has 4 nitrogen and oxygen atoms in total. The van der Waals surface area contributed by atoms with Gasteiger partial charge in [0.2, 0.25) is 0 Å². The van der Waals surface area contributed by atoms with Gasteiger partial charge in [-0.1, -0.05) is 33.3 Å². The van der Waals surface area contributed by atoms with Gasteiger partial charge < -0.3 is 5.73 Å². The Morgan fingerprint density at radius 2 is 2.00 bits per heavy atom. The molecule has 1 aromatic heterocycles. The van der Waals surface area contributed by atoms with Crippen molar-refractivity contribution < 1.29 is 0 Å². The third kappa shape index (κ3) is 2.15. The van der Waals surface area contributed by atoms with Crippen LogP contribution < -0.4 is 5.73 Å². The third-order valence-corrected chi connectivity index (χ3v) is 3.55. The maximum absolute atomic E-state index is 6.05. The van der Waals surface area contributed by atoms with E-state index in [4.69, 9.17) is 5.73 Å². The number of nitrogens with zero attached hydrogens (tertiary/aromatic N) is 3. The zero-order chi connectivity index (χ0) is 13.4. The molecule has 0 radical (unpaired) electrons. The quantitative estimate of drug-likeness (QED) is 0.789. The summed E-state index contributed by atoms with van der Waals surface area (Å²) in [7, 11) is 0. The predicted molar refractivity (Wildman–Crippen MR) is 79.2 cm³/mol. The van der Waals surface area contributed by atoms with Crippen LogP contribution in [0.5, 0.6) is 0 Å². The summed E-state index contributed by atoms with van der Waals surface area (Å²) in [6.45, 7) is 1.96. The van der Waals surface area contributed by atoms with Crippen LogP contribution in [0, 0.1) is 0 Å². The Balaban J connectivity index is 2.27. The summed E-state index contributed by atoms with van der Waals surface area (Å²) < 4.78 is 2.84. The maximum atomic E-state index is 6.05. The molecule has 0 aliphatic heterocycles. The van der Waals surface area contributed by atoms with E-state index in [0.29, 0.717) is 0 Å². The molecule has 2 aromatic carbocycles. The fourth-order valence-electron chi connectivity index (χ4n) is 2.13. The molecular weight excluding hydrogens is 304 g/mol. The Morgan fingerprint density at radius 3 is 2.79 bits per heavy atom. The second-order valence-electron chi connectivity index (χ2n) is 4.48. The third-order valence-electron chi connectivity index (χ3n) is 3.06. The number of hydrogen-bond acceptors (Lipinski definition) is 3. The molecule has 3 rings (SSSR count). The van der Waals surface area contributed by atoms with Crippen molar-refractivity contribution in [2.45, 2.75) is 13.0 Å². The first-order chi connectivity index (χ1) is 9.16. The predicted octanol–water partition coefficient (Wildman–Crippen LogP) is 3.20. The number of hydrogen-bond donors (Lipinski definition) is 1. The van der Waals surface area contributed by atoms with E-state index < -0.39 is 0 Å². The fraction of sp³-hybridized carbons (Fsp3) is 0.143. The topological polar surface area (TPSA) is 56.7 Å². The summed E-state index contributed by atoms with van der Waals surface area (Å²) in [5.74, 6) is 0. The smallest absolute Gasteiger partial charge is 0.113 e. The molecule has 96 valence electrons. The molecule has 0 saturated carbocycles. The van der Waals surface area contributed by atoms with E-state index in [1.54, 1.807) is 0 Å². The van der Waals surface area contributed by atoms with Gasteiger partial charge in [0.05, 0.1) is 11.2 Å². The van der Waals surface area contributed by atoms with E-state index in [1.807, 2.05) is 54.1 Å². The Kier molecular flexibility index (Phi) is 3.08. The van der Waals surface area contributed by atoms with Crippen LogP contribution in [-0.4, -0.2) is 15.0 Å². The van der Waals surface area contributed by atoms with Crippen molar-refractivity contribution in [1.29, 1.82) is 0 Å². The van der Waals surface area contributed by atoms with Crippen LogP contribution in [0.1, 0.15) is 18.5 Å². The molecule has 1 unspecified atom stereocenters. The molecular formula is C14H13BrN4. The SMILES string of the molecule is CC(N)c1cc(Br)ccc1-n1nnc2ccccc21. The summed E-state index contributed by atoms with van der Waals surface area (Å²) >= 11 is 3.48. The molecule has 19 heavy (non-hydrogen) atoms. The fourth-order valence-corrected chi connectivity index (χ4v) is 2.51. The van der Waals surface area contributed by atoms with Crippen molar-refractivity contribution in [3.63, 3.8) is 0 Å². The van der Waals surface area contributed by atoms with Crippen molar-refractivity contribution in [2.75, 3.05) is 0 Å². The lowest BCUT2D eigenvalue weighted by atomic mass is 10.1. The first-order valence-corrected chi connectivity index (χ1v) is 6.82. The highest BCUT2D eigenvalue weighted by atomic mass is 79.9. The zero-order valence-electron chi connectivity index (χ0n) is 10.4. The zero-order valence-corrected chi connectivity index (χ0v) is 12.0. The van der Waals surface area contributed by atoms with Crippen LogP contribution in [0.2, 0.25) is 0 Å². The van der Waals surface area contributed by atoms with Crippen molar-refractivity contribution >= 4 is 27.0 Å². The van der Waals surface area contributed by atoms with Gasteiger partial charge in [0.15, 0.2) is 0 Å². The van der Waals surface area contributed by atoms with E-state index >= 15 is 0 Å². The largest absolute Gasteiger partial charge is 0.324 e. The van der Waals surface area contributed by atoms with Gasteiger partial charge in [-0.05, 0) is 42.8 Å². The Labute approximate surface area is 119 Å². The Morgan fingerprint density at radius 1 is 1.21 bits per heavy atom. The minimum absolute atomic E-state index is 0.0736. The molecule has 0 saturated heterocycles. The molecule has 1 heterocycles. The lowest BCUT2D eigenvalue weighted by molar-refractivity contribution is 0.766. The first-order valence-electron chi connectivity index (χ1n) is 6.02. The molecule has 0 amide bonds. The van der Waals surface area contributed by atoms with Crippen molar-refractivity contribution in [3.8, 4) is 5.69 Å². The van der Waals surface area contributed by atoms with E-state index in [2.05, 4.69) is 26.2 Å². The lowest BCUT2D eigenvalue weighted by Gasteiger charge is -2.13. The molecule has 1 atom stereocenters. The van der Waals surface area contributed by atoms with Gasteiger partial charge in [-0.15, -0.1) is 5.10 Å². The average molecular weight is 317 g/mol. The van der Waals surface area contributed by atoms with Gasteiger partial charge >= 0.3 is 0 Å². The second kappa shape index (κ2) is 4.75. The summed E-state index contributed by atoms with van der Waals surface area (Å²) in [6, 6.07) is 13.8. The van der Waals surface area contributed by atoms with Crippen LogP contribution in [0.25, 0.3) is 16.7 Å². The number of aromatic nitrogens is 3. The van der Waals surface area contributed by atoms with Crippen molar-refractivity contribution in [1.82, 2.24) is 15.0 Å². The number of benzene rings is 2. The normalized spacial score (nSPS) is 12.8. The summed E-state index contributed by atoms with van der Waals surface area (Å²) in [6.07, 6.45) is 0.